The number of hydrogen-bond donors (Lipinski definition) is 2. The van der Waals surface area contributed by atoms with Gasteiger partial charge in [0.2, 0.25) is 5.95 Å². The Morgan fingerprint density at radius 3 is 2.00 bits per heavy atom. The highest BCUT2D eigenvalue weighted by Gasteiger charge is 2.19. The van der Waals surface area contributed by atoms with E-state index in [1.807, 2.05) is 6.20 Å². The fourth-order valence-electron chi connectivity index (χ4n) is 3.34. The Bertz CT molecular complexity index is 504. The third kappa shape index (κ3) is 4.54. The maximum absolute atomic E-state index is 4.74. The molecule has 3 heterocycles. The van der Waals surface area contributed by atoms with Crippen LogP contribution >= 0.6 is 0 Å². The lowest BCUT2D eigenvalue weighted by molar-refractivity contribution is 0.263. The van der Waals surface area contributed by atoms with Gasteiger partial charge in [-0.05, 0) is 72.9 Å². The number of nitrogens with one attached hydrogen (secondary N) is 2. The number of aryl methyl sites for hydroxylation is 1. The maximum Gasteiger partial charge on any atom is 0.224 e. The predicted octanol–water partition coefficient (Wildman–Crippen LogP) is 1.80. The van der Waals surface area contributed by atoms with Crippen molar-refractivity contribution < 1.29 is 0 Å². The van der Waals surface area contributed by atoms with Gasteiger partial charge in [-0.2, -0.15) is 4.98 Å². The Morgan fingerprint density at radius 1 is 0.913 bits per heavy atom. The van der Waals surface area contributed by atoms with Gasteiger partial charge in [0, 0.05) is 23.8 Å². The summed E-state index contributed by atoms with van der Waals surface area (Å²) in [6, 6.07) is 1.01. The van der Waals surface area contributed by atoms with Crippen molar-refractivity contribution in [1.82, 2.24) is 19.8 Å². The molecular weight excluding hydrogens is 288 g/mol. The third-order valence-electron chi connectivity index (χ3n) is 5.08. The average molecular weight is 318 g/mol. The summed E-state index contributed by atoms with van der Waals surface area (Å²) in [6.07, 6.45) is 6.60. The lowest BCUT2D eigenvalue weighted by atomic mass is 10.1. The highest BCUT2D eigenvalue weighted by molar-refractivity contribution is 5.47. The van der Waals surface area contributed by atoms with E-state index < -0.39 is 0 Å². The first-order chi connectivity index (χ1) is 11.1. The zero-order valence-electron chi connectivity index (χ0n) is 14.7. The van der Waals surface area contributed by atoms with Crippen LogP contribution in [0.2, 0.25) is 0 Å². The van der Waals surface area contributed by atoms with Crippen molar-refractivity contribution in [1.29, 1.82) is 0 Å². The summed E-state index contributed by atoms with van der Waals surface area (Å²) in [4.78, 5) is 14.0. The Morgan fingerprint density at radius 2 is 1.43 bits per heavy atom. The zero-order valence-corrected chi connectivity index (χ0v) is 14.7. The number of likely N-dealkylation sites (tertiary alicyclic amines) is 2. The van der Waals surface area contributed by atoms with Crippen molar-refractivity contribution in [2.24, 2.45) is 0 Å². The molecule has 1 aromatic rings. The molecule has 0 atom stereocenters. The minimum absolute atomic E-state index is 0.491. The Balaban J connectivity index is 1.60. The molecule has 0 spiro atoms. The van der Waals surface area contributed by atoms with E-state index in [-0.39, 0.29) is 0 Å². The SMILES string of the molecule is Cc1cnc(NC2CCN(C)CC2)nc1NC1CCN(C)CC1. The number of anilines is 2. The number of nitrogens with zero attached hydrogens (tertiary/aromatic N) is 4. The van der Waals surface area contributed by atoms with E-state index in [2.05, 4.69) is 46.4 Å². The van der Waals surface area contributed by atoms with Crippen molar-refractivity contribution in [3.05, 3.63) is 11.8 Å². The second-order valence-electron chi connectivity index (χ2n) is 7.17. The van der Waals surface area contributed by atoms with Crippen molar-refractivity contribution in [3.8, 4) is 0 Å². The topological polar surface area (TPSA) is 56.3 Å². The molecule has 1 aromatic heterocycles. The molecule has 0 aliphatic carbocycles. The van der Waals surface area contributed by atoms with Crippen LogP contribution in [0.1, 0.15) is 31.2 Å². The molecule has 2 aliphatic heterocycles. The van der Waals surface area contributed by atoms with Gasteiger partial charge in [-0.1, -0.05) is 0 Å². The van der Waals surface area contributed by atoms with Crippen molar-refractivity contribution in [2.45, 2.75) is 44.7 Å². The molecule has 0 aromatic carbocycles. The molecule has 3 rings (SSSR count). The number of hydrogen-bond acceptors (Lipinski definition) is 6. The standard InChI is InChI=1S/C17H30N6/c1-13-12-18-17(20-15-6-10-23(3)11-7-15)21-16(13)19-14-4-8-22(2)9-5-14/h12,14-15H,4-11H2,1-3H3,(H2,18,19,20,21). The second kappa shape index (κ2) is 7.45. The second-order valence-corrected chi connectivity index (χ2v) is 7.17. The van der Waals surface area contributed by atoms with Crippen LogP contribution in [0.4, 0.5) is 11.8 Å². The lowest BCUT2D eigenvalue weighted by Crippen LogP contribution is -2.37. The highest BCUT2D eigenvalue weighted by Crippen LogP contribution is 2.20. The molecule has 6 heteroatoms. The number of aromatic nitrogens is 2. The molecular formula is C17H30N6. The summed E-state index contributed by atoms with van der Waals surface area (Å²) in [5.41, 5.74) is 1.12. The van der Waals surface area contributed by atoms with Crippen LogP contribution < -0.4 is 10.6 Å². The molecule has 2 saturated heterocycles. The third-order valence-corrected chi connectivity index (χ3v) is 5.08. The smallest absolute Gasteiger partial charge is 0.224 e. The van der Waals surface area contributed by atoms with Gasteiger partial charge in [-0.3, -0.25) is 0 Å². The fourth-order valence-corrected chi connectivity index (χ4v) is 3.34. The first-order valence-electron chi connectivity index (χ1n) is 8.84. The summed E-state index contributed by atoms with van der Waals surface area (Å²) in [5, 5.41) is 7.14. The first kappa shape index (κ1) is 16.5. The normalized spacial score (nSPS) is 22.2. The minimum atomic E-state index is 0.491. The van der Waals surface area contributed by atoms with Gasteiger partial charge in [0.05, 0.1) is 0 Å². The zero-order chi connectivity index (χ0) is 16.2. The summed E-state index contributed by atoms with van der Waals surface area (Å²) < 4.78 is 0. The van der Waals surface area contributed by atoms with Crippen LogP contribution in [0.25, 0.3) is 0 Å². The molecule has 128 valence electrons. The highest BCUT2D eigenvalue weighted by atomic mass is 15.2. The van der Waals surface area contributed by atoms with Gasteiger partial charge in [0.25, 0.3) is 0 Å². The average Bonchev–Trinajstić information content (AvgIpc) is 2.55. The van der Waals surface area contributed by atoms with E-state index in [0.29, 0.717) is 12.1 Å². The summed E-state index contributed by atoms with van der Waals surface area (Å²) in [7, 11) is 4.37. The van der Waals surface area contributed by atoms with E-state index >= 15 is 0 Å². The molecule has 0 amide bonds. The van der Waals surface area contributed by atoms with Crippen molar-refractivity contribution >= 4 is 11.8 Å². The number of rotatable bonds is 4. The van der Waals surface area contributed by atoms with E-state index in [0.717, 1.165) is 56.4 Å². The van der Waals surface area contributed by atoms with Gasteiger partial charge < -0.3 is 20.4 Å². The monoisotopic (exact) mass is 318 g/mol. The molecule has 0 bridgehead atoms. The molecule has 2 aliphatic rings. The number of piperidine rings is 2. The van der Waals surface area contributed by atoms with Crippen LogP contribution in [-0.2, 0) is 0 Å². The minimum Gasteiger partial charge on any atom is -0.367 e. The van der Waals surface area contributed by atoms with Gasteiger partial charge in [0.1, 0.15) is 5.82 Å². The molecule has 6 nitrogen and oxygen atoms in total. The fraction of sp³-hybridized carbons (Fsp3) is 0.765. The van der Waals surface area contributed by atoms with E-state index in [9.17, 15) is 0 Å². The summed E-state index contributed by atoms with van der Waals surface area (Å²) >= 11 is 0. The van der Waals surface area contributed by atoms with Crippen LogP contribution in [-0.4, -0.2) is 72.1 Å². The van der Waals surface area contributed by atoms with E-state index in [1.165, 1.54) is 12.8 Å². The summed E-state index contributed by atoms with van der Waals surface area (Å²) in [6.45, 7) is 6.68. The van der Waals surface area contributed by atoms with Crippen molar-refractivity contribution in [3.63, 3.8) is 0 Å². The molecule has 2 N–H and O–H groups in total. The van der Waals surface area contributed by atoms with Crippen LogP contribution in [0, 0.1) is 6.92 Å². The Hall–Kier alpha value is -1.40. The molecule has 0 unspecified atom stereocenters. The first-order valence-corrected chi connectivity index (χ1v) is 8.84. The van der Waals surface area contributed by atoms with Crippen LogP contribution in [0.3, 0.4) is 0 Å². The van der Waals surface area contributed by atoms with Crippen molar-refractivity contribution in [2.75, 3.05) is 50.9 Å². The summed E-state index contributed by atoms with van der Waals surface area (Å²) in [5.74, 6) is 1.76. The van der Waals surface area contributed by atoms with Gasteiger partial charge in [-0.25, -0.2) is 4.98 Å². The predicted molar refractivity (Wildman–Crippen MR) is 95.1 cm³/mol. The lowest BCUT2D eigenvalue weighted by Gasteiger charge is -2.31. The quantitative estimate of drug-likeness (QED) is 0.883. The molecule has 0 saturated carbocycles. The van der Waals surface area contributed by atoms with Gasteiger partial charge in [-0.15, -0.1) is 0 Å². The molecule has 0 radical (unpaired) electrons. The van der Waals surface area contributed by atoms with Gasteiger partial charge >= 0.3 is 0 Å². The molecule has 23 heavy (non-hydrogen) atoms. The van der Waals surface area contributed by atoms with Gasteiger partial charge in [0.15, 0.2) is 0 Å². The maximum atomic E-state index is 4.74. The largest absolute Gasteiger partial charge is 0.367 e. The van der Waals surface area contributed by atoms with E-state index in [1.54, 1.807) is 0 Å². The van der Waals surface area contributed by atoms with Crippen LogP contribution in [0.15, 0.2) is 6.20 Å². The van der Waals surface area contributed by atoms with E-state index in [4.69, 9.17) is 4.98 Å². The Kier molecular flexibility index (Phi) is 5.33. The Labute approximate surface area is 139 Å². The molecule has 2 fully saturated rings. The van der Waals surface area contributed by atoms with Crippen LogP contribution in [0.5, 0.6) is 0 Å².